The number of ether oxygens (including phenoxy) is 1. The molecular formula is C13H17ClN2O4. The zero-order valence-corrected chi connectivity index (χ0v) is 11.6. The summed E-state index contributed by atoms with van der Waals surface area (Å²) in [6, 6.07) is 6.10. The van der Waals surface area contributed by atoms with Gasteiger partial charge in [-0.15, -0.1) is 0 Å². The van der Waals surface area contributed by atoms with Crippen LogP contribution >= 0.6 is 11.6 Å². The van der Waals surface area contributed by atoms with Gasteiger partial charge in [0.1, 0.15) is 11.9 Å². The number of hydrogen-bond acceptors (Lipinski definition) is 4. The minimum Gasteiger partial charge on any atom is -0.487 e. The predicted octanol–water partition coefficient (Wildman–Crippen LogP) is 0.466. The Morgan fingerprint density at radius 3 is 2.50 bits per heavy atom. The Kier molecular flexibility index (Phi) is 5.05. The van der Waals surface area contributed by atoms with E-state index in [-0.39, 0.29) is 25.3 Å². The standard InChI is InChI=1S/C13H17ClN2O4/c14-9-1-3-11(4-2-9)20-12-5-16(6-12)13(19)15-10(7-17)8-18/h1-4,10,12,17-18H,5-8H2,(H,15,19). The van der Waals surface area contributed by atoms with E-state index in [9.17, 15) is 4.79 Å². The molecule has 1 heterocycles. The molecule has 1 aliphatic rings. The number of halogens is 1. The number of nitrogens with one attached hydrogen (secondary N) is 1. The minimum absolute atomic E-state index is 0.0522. The van der Waals surface area contributed by atoms with Crippen LogP contribution in [0.5, 0.6) is 5.75 Å². The Bertz CT molecular complexity index is 444. The van der Waals surface area contributed by atoms with Gasteiger partial charge in [-0.1, -0.05) is 11.6 Å². The second-order valence-electron chi connectivity index (χ2n) is 4.61. The number of hydrogen-bond donors (Lipinski definition) is 3. The van der Waals surface area contributed by atoms with Gasteiger partial charge in [-0.2, -0.15) is 0 Å². The third-order valence-corrected chi connectivity index (χ3v) is 3.27. The molecule has 20 heavy (non-hydrogen) atoms. The lowest BCUT2D eigenvalue weighted by Crippen LogP contribution is -2.60. The average Bonchev–Trinajstić information content (AvgIpc) is 2.41. The highest BCUT2D eigenvalue weighted by molar-refractivity contribution is 6.30. The first-order valence-electron chi connectivity index (χ1n) is 6.31. The fourth-order valence-electron chi connectivity index (χ4n) is 1.80. The van der Waals surface area contributed by atoms with Gasteiger partial charge >= 0.3 is 6.03 Å². The van der Waals surface area contributed by atoms with Crippen LogP contribution < -0.4 is 10.1 Å². The van der Waals surface area contributed by atoms with Crippen molar-refractivity contribution in [1.29, 1.82) is 0 Å². The van der Waals surface area contributed by atoms with Gasteiger partial charge in [0.2, 0.25) is 0 Å². The van der Waals surface area contributed by atoms with Gasteiger partial charge in [-0.05, 0) is 24.3 Å². The lowest BCUT2D eigenvalue weighted by Gasteiger charge is -2.39. The van der Waals surface area contributed by atoms with E-state index in [2.05, 4.69) is 5.32 Å². The molecule has 0 aliphatic carbocycles. The monoisotopic (exact) mass is 300 g/mol. The summed E-state index contributed by atoms with van der Waals surface area (Å²) >= 11 is 5.78. The largest absolute Gasteiger partial charge is 0.487 e. The van der Waals surface area contributed by atoms with E-state index in [1.54, 1.807) is 29.2 Å². The van der Waals surface area contributed by atoms with Crippen LogP contribution in [0.1, 0.15) is 0 Å². The molecule has 0 bridgehead atoms. The summed E-state index contributed by atoms with van der Waals surface area (Å²) in [5.74, 6) is 0.711. The van der Waals surface area contributed by atoms with Crippen LogP contribution in [-0.4, -0.2) is 59.6 Å². The van der Waals surface area contributed by atoms with E-state index >= 15 is 0 Å². The van der Waals surface area contributed by atoms with Crippen LogP contribution in [0.4, 0.5) is 4.79 Å². The maximum absolute atomic E-state index is 11.7. The lowest BCUT2D eigenvalue weighted by molar-refractivity contribution is 0.0412. The molecule has 110 valence electrons. The van der Waals surface area contributed by atoms with Crippen molar-refractivity contribution in [2.75, 3.05) is 26.3 Å². The van der Waals surface area contributed by atoms with Crippen molar-refractivity contribution in [2.24, 2.45) is 0 Å². The van der Waals surface area contributed by atoms with Crippen molar-refractivity contribution >= 4 is 17.6 Å². The van der Waals surface area contributed by atoms with Crippen LogP contribution in [0.25, 0.3) is 0 Å². The number of urea groups is 1. The second kappa shape index (κ2) is 6.78. The molecule has 1 saturated heterocycles. The number of carbonyl (C=O) groups excluding carboxylic acids is 1. The Balaban J connectivity index is 1.74. The zero-order valence-electron chi connectivity index (χ0n) is 10.8. The minimum atomic E-state index is -0.626. The number of benzene rings is 1. The van der Waals surface area contributed by atoms with Gasteiger partial charge in [0.05, 0.1) is 32.3 Å². The Hall–Kier alpha value is -1.50. The number of aliphatic hydroxyl groups excluding tert-OH is 2. The van der Waals surface area contributed by atoms with E-state index in [1.165, 1.54) is 0 Å². The van der Waals surface area contributed by atoms with Crippen molar-refractivity contribution in [3.8, 4) is 5.75 Å². The summed E-state index contributed by atoms with van der Waals surface area (Å²) in [7, 11) is 0. The van der Waals surface area contributed by atoms with Crippen LogP contribution in [-0.2, 0) is 0 Å². The lowest BCUT2D eigenvalue weighted by atomic mass is 10.2. The highest BCUT2D eigenvalue weighted by Crippen LogP contribution is 2.20. The van der Waals surface area contributed by atoms with E-state index in [0.717, 1.165) is 0 Å². The first-order valence-corrected chi connectivity index (χ1v) is 6.69. The van der Waals surface area contributed by atoms with E-state index in [4.69, 9.17) is 26.6 Å². The quantitative estimate of drug-likeness (QED) is 0.738. The number of nitrogens with zero attached hydrogens (tertiary/aromatic N) is 1. The van der Waals surface area contributed by atoms with Crippen molar-refractivity contribution in [3.05, 3.63) is 29.3 Å². The third kappa shape index (κ3) is 3.75. The molecule has 1 aromatic rings. The third-order valence-electron chi connectivity index (χ3n) is 3.02. The fourth-order valence-corrected chi connectivity index (χ4v) is 1.93. The average molecular weight is 301 g/mol. The molecule has 0 radical (unpaired) electrons. The molecule has 2 amide bonds. The van der Waals surface area contributed by atoms with E-state index < -0.39 is 6.04 Å². The molecule has 3 N–H and O–H groups in total. The Labute approximate surface area is 121 Å². The summed E-state index contributed by atoms with van der Waals surface area (Å²) in [4.78, 5) is 13.3. The number of likely N-dealkylation sites (tertiary alicyclic amines) is 1. The van der Waals surface area contributed by atoms with Crippen LogP contribution in [0.15, 0.2) is 24.3 Å². The molecule has 0 aromatic heterocycles. The molecule has 1 fully saturated rings. The highest BCUT2D eigenvalue weighted by atomic mass is 35.5. The van der Waals surface area contributed by atoms with E-state index in [1.807, 2.05) is 0 Å². The van der Waals surface area contributed by atoms with Crippen LogP contribution in [0, 0.1) is 0 Å². The molecule has 0 atom stereocenters. The fraction of sp³-hybridized carbons (Fsp3) is 0.462. The molecule has 2 rings (SSSR count). The van der Waals surface area contributed by atoms with Gasteiger partial charge in [-0.3, -0.25) is 0 Å². The summed E-state index contributed by atoms with van der Waals surface area (Å²) in [6.45, 7) is 0.359. The Morgan fingerprint density at radius 2 is 1.95 bits per heavy atom. The smallest absolute Gasteiger partial charge is 0.318 e. The molecule has 6 nitrogen and oxygen atoms in total. The number of carbonyl (C=O) groups is 1. The molecule has 0 unspecified atom stereocenters. The summed E-state index contributed by atoms with van der Waals surface area (Å²) < 4.78 is 5.66. The SMILES string of the molecule is O=C(NC(CO)CO)N1CC(Oc2ccc(Cl)cc2)C1. The normalized spacial score (nSPS) is 15.1. The van der Waals surface area contributed by atoms with Crippen molar-refractivity contribution < 1.29 is 19.7 Å². The summed E-state index contributed by atoms with van der Waals surface area (Å²) in [5, 5.41) is 20.9. The summed E-state index contributed by atoms with van der Waals surface area (Å²) in [5.41, 5.74) is 0. The number of amides is 2. The van der Waals surface area contributed by atoms with E-state index in [0.29, 0.717) is 23.9 Å². The maximum Gasteiger partial charge on any atom is 0.318 e. The first-order chi connectivity index (χ1) is 9.62. The zero-order chi connectivity index (χ0) is 14.5. The molecule has 1 aromatic carbocycles. The van der Waals surface area contributed by atoms with Crippen molar-refractivity contribution in [3.63, 3.8) is 0 Å². The first kappa shape index (κ1) is 14.9. The number of aliphatic hydroxyl groups is 2. The molecular weight excluding hydrogens is 284 g/mol. The second-order valence-corrected chi connectivity index (χ2v) is 5.05. The predicted molar refractivity (Wildman–Crippen MR) is 73.9 cm³/mol. The van der Waals surface area contributed by atoms with Crippen molar-refractivity contribution in [2.45, 2.75) is 12.1 Å². The molecule has 1 aliphatic heterocycles. The molecule has 7 heteroatoms. The van der Waals surface area contributed by atoms with Gasteiger partial charge in [-0.25, -0.2) is 4.79 Å². The van der Waals surface area contributed by atoms with Gasteiger partial charge in [0.15, 0.2) is 0 Å². The molecule has 0 spiro atoms. The maximum atomic E-state index is 11.7. The van der Waals surface area contributed by atoms with Crippen molar-refractivity contribution in [1.82, 2.24) is 10.2 Å². The van der Waals surface area contributed by atoms with Crippen LogP contribution in [0.3, 0.4) is 0 Å². The Morgan fingerprint density at radius 1 is 1.35 bits per heavy atom. The highest BCUT2D eigenvalue weighted by Gasteiger charge is 2.32. The van der Waals surface area contributed by atoms with Gasteiger partial charge in [0.25, 0.3) is 0 Å². The number of rotatable bonds is 5. The molecule has 0 saturated carbocycles. The summed E-state index contributed by atoms with van der Waals surface area (Å²) in [6.07, 6.45) is -0.0522. The topological polar surface area (TPSA) is 82.0 Å². The van der Waals surface area contributed by atoms with Crippen LogP contribution in [0.2, 0.25) is 5.02 Å². The van der Waals surface area contributed by atoms with Gasteiger partial charge < -0.3 is 25.2 Å². The van der Waals surface area contributed by atoms with Gasteiger partial charge in [0, 0.05) is 5.02 Å².